The molecule has 0 bridgehead atoms. The Bertz CT molecular complexity index is 809. The van der Waals surface area contributed by atoms with Crippen LogP contribution in [-0.4, -0.2) is 54.9 Å². The lowest BCUT2D eigenvalue weighted by Crippen LogP contribution is -2.54. The Labute approximate surface area is 160 Å². The SMILES string of the molecule is COc1cccc(C(=O)N2CCN(C(=O)C(C)(C)c3ccccc3)CC2)c1. The molecule has 0 unspecified atom stereocenters. The molecule has 0 N–H and O–H groups in total. The van der Waals surface area contributed by atoms with Crippen molar-refractivity contribution in [2.45, 2.75) is 19.3 Å². The molecule has 1 heterocycles. The Morgan fingerprint density at radius 1 is 0.889 bits per heavy atom. The maximum absolute atomic E-state index is 13.1. The number of methoxy groups -OCH3 is 1. The van der Waals surface area contributed by atoms with Crippen molar-refractivity contribution < 1.29 is 14.3 Å². The minimum absolute atomic E-state index is 0.0247. The molecule has 0 saturated carbocycles. The first-order valence-corrected chi connectivity index (χ1v) is 9.21. The summed E-state index contributed by atoms with van der Waals surface area (Å²) in [5.41, 5.74) is 1.03. The summed E-state index contributed by atoms with van der Waals surface area (Å²) < 4.78 is 5.20. The highest BCUT2D eigenvalue weighted by Gasteiger charge is 2.35. The highest BCUT2D eigenvalue weighted by Crippen LogP contribution is 2.26. The molecular formula is C22H26N2O3. The lowest BCUT2D eigenvalue weighted by atomic mass is 9.83. The fourth-order valence-electron chi connectivity index (χ4n) is 3.42. The topological polar surface area (TPSA) is 49.9 Å². The quantitative estimate of drug-likeness (QED) is 0.836. The fraction of sp³-hybridized carbons (Fsp3) is 0.364. The van der Waals surface area contributed by atoms with Gasteiger partial charge in [0, 0.05) is 31.7 Å². The van der Waals surface area contributed by atoms with Crippen LogP contribution in [0.4, 0.5) is 0 Å². The first kappa shape index (κ1) is 19.0. The van der Waals surface area contributed by atoms with Crippen LogP contribution >= 0.6 is 0 Å². The molecule has 5 heteroatoms. The Balaban J connectivity index is 1.64. The summed E-state index contributed by atoms with van der Waals surface area (Å²) in [6.07, 6.45) is 0. The lowest BCUT2D eigenvalue weighted by Gasteiger charge is -2.38. The largest absolute Gasteiger partial charge is 0.497 e. The fourth-order valence-corrected chi connectivity index (χ4v) is 3.42. The predicted octanol–water partition coefficient (Wildman–Crippen LogP) is 2.96. The van der Waals surface area contributed by atoms with Gasteiger partial charge >= 0.3 is 0 Å². The first-order chi connectivity index (χ1) is 12.9. The average Bonchev–Trinajstić information content (AvgIpc) is 2.73. The molecule has 0 radical (unpaired) electrons. The van der Waals surface area contributed by atoms with Crippen LogP contribution in [0.3, 0.4) is 0 Å². The second kappa shape index (κ2) is 7.82. The zero-order valence-corrected chi connectivity index (χ0v) is 16.1. The van der Waals surface area contributed by atoms with Gasteiger partial charge in [0.25, 0.3) is 5.91 Å². The standard InChI is InChI=1S/C22H26N2O3/c1-22(2,18-9-5-4-6-10-18)21(26)24-14-12-23(13-15-24)20(25)17-8-7-11-19(16-17)27-3/h4-11,16H,12-15H2,1-3H3. The van der Waals surface area contributed by atoms with Crippen molar-refractivity contribution in [3.8, 4) is 5.75 Å². The molecule has 1 aliphatic rings. The van der Waals surface area contributed by atoms with Gasteiger partial charge < -0.3 is 14.5 Å². The number of piperazine rings is 1. The van der Waals surface area contributed by atoms with Crippen LogP contribution in [0.15, 0.2) is 54.6 Å². The Morgan fingerprint density at radius 2 is 1.52 bits per heavy atom. The van der Waals surface area contributed by atoms with E-state index in [1.54, 1.807) is 24.1 Å². The molecule has 1 saturated heterocycles. The summed E-state index contributed by atoms with van der Waals surface area (Å²) in [5.74, 6) is 0.741. The molecule has 0 atom stereocenters. The molecule has 0 aromatic heterocycles. The zero-order chi connectivity index (χ0) is 19.4. The summed E-state index contributed by atoms with van der Waals surface area (Å²) in [4.78, 5) is 29.4. The van der Waals surface area contributed by atoms with Gasteiger partial charge in [-0.15, -0.1) is 0 Å². The van der Waals surface area contributed by atoms with Crippen LogP contribution in [0, 0.1) is 0 Å². The first-order valence-electron chi connectivity index (χ1n) is 9.21. The zero-order valence-electron chi connectivity index (χ0n) is 16.1. The summed E-state index contributed by atoms with van der Waals surface area (Å²) in [6, 6.07) is 17.0. The maximum atomic E-state index is 13.1. The van der Waals surface area contributed by atoms with Gasteiger partial charge in [-0.3, -0.25) is 9.59 Å². The number of hydrogen-bond donors (Lipinski definition) is 0. The van der Waals surface area contributed by atoms with Gasteiger partial charge in [-0.25, -0.2) is 0 Å². The third-order valence-electron chi connectivity index (χ3n) is 5.20. The molecule has 5 nitrogen and oxygen atoms in total. The second-order valence-corrected chi connectivity index (χ2v) is 7.31. The summed E-state index contributed by atoms with van der Waals surface area (Å²) in [7, 11) is 1.59. The maximum Gasteiger partial charge on any atom is 0.254 e. The van der Waals surface area contributed by atoms with E-state index in [1.807, 2.05) is 61.2 Å². The highest BCUT2D eigenvalue weighted by atomic mass is 16.5. The minimum Gasteiger partial charge on any atom is -0.497 e. The lowest BCUT2D eigenvalue weighted by molar-refractivity contribution is -0.137. The second-order valence-electron chi connectivity index (χ2n) is 7.31. The Morgan fingerprint density at radius 3 is 2.15 bits per heavy atom. The monoisotopic (exact) mass is 366 g/mol. The van der Waals surface area contributed by atoms with Gasteiger partial charge in [0.2, 0.25) is 5.91 Å². The van der Waals surface area contributed by atoms with Gasteiger partial charge in [0.15, 0.2) is 0 Å². The molecule has 2 aromatic carbocycles. The number of benzene rings is 2. The number of nitrogens with zero attached hydrogens (tertiary/aromatic N) is 2. The number of rotatable bonds is 4. The van der Waals surface area contributed by atoms with E-state index in [2.05, 4.69) is 0 Å². The number of amides is 2. The smallest absolute Gasteiger partial charge is 0.254 e. The molecule has 142 valence electrons. The highest BCUT2D eigenvalue weighted by molar-refractivity contribution is 5.95. The van der Waals surface area contributed by atoms with Crippen LogP contribution in [0.1, 0.15) is 29.8 Å². The van der Waals surface area contributed by atoms with Crippen molar-refractivity contribution in [2.75, 3.05) is 33.3 Å². The molecule has 27 heavy (non-hydrogen) atoms. The van der Waals surface area contributed by atoms with Crippen LogP contribution < -0.4 is 4.74 Å². The molecular weight excluding hydrogens is 340 g/mol. The molecule has 2 amide bonds. The number of carbonyl (C=O) groups is 2. The van der Waals surface area contributed by atoms with Crippen molar-refractivity contribution in [2.24, 2.45) is 0 Å². The molecule has 1 fully saturated rings. The summed E-state index contributed by atoms with van der Waals surface area (Å²) in [6.45, 7) is 6.08. The molecule has 1 aliphatic heterocycles. The molecule has 3 rings (SSSR count). The van der Waals surface area contributed by atoms with Crippen molar-refractivity contribution in [1.29, 1.82) is 0 Å². The van der Waals surface area contributed by atoms with Crippen LogP contribution in [0.25, 0.3) is 0 Å². The van der Waals surface area contributed by atoms with Crippen LogP contribution in [0.5, 0.6) is 5.75 Å². The van der Waals surface area contributed by atoms with E-state index in [1.165, 1.54) is 0 Å². The molecule has 2 aromatic rings. The predicted molar refractivity (Wildman–Crippen MR) is 105 cm³/mol. The van der Waals surface area contributed by atoms with E-state index in [0.29, 0.717) is 37.5 Å². The van der Waals surface area contributed by atoms with Crippen molar-refractivity contribution >= 4 is 11.8 Å². The normalized spacial score (nSPS) is 14.8. The van der Waals surface area contributed by atoms with Gasteiger partial charge in [-0.2, -0.15) is 0 Å². The van der Waals surface area contributed by atoms with Crippen molar-refractivity contribution in [3.63, 3.8) is 0 Å². The summed E-state index contributed by atoms with van der Waals surface area (Å²) >= 11 is 0. The van der Waals surface area contributed by atoms with E-state index in [9.17, 15) is 9.59 Å². The number of carbonyl (C=O) groups excluding carboxylic acids is 2. The Kier molecular flexibility index (Phi) is 5.49. The summed E-state index contributed by atoms with van der Waals surface area (Å²) in [5, 5.41) is 0. The van der Waals surface area contributed by atoms with Crippen LogP contribution in [-0.2, 0) is 10.2 Å². The van der Waals surface area contributed by atoms with E-state index < -0.39 is 5.41 Å². The van der Waals surface area contributed by atoms with Gasteiger partial charge in [0.05, 0.1) is 12.5 Å². The number of ether oxygens (including phenoxy) is 1. The van der Waals surface area contributed by atoms with Crippen LogP contribution in [0.2, 0.25) is 0 Å². The molecule has 0 aliphatic carbocycles. The van der Waals surface area contributed by atoms with E-state index in [4.69, 9.17) is 4.74 Å². The minimum atomic E-state index is -0.583. The van der Waals surface area contributed by atoms with E-state index in [-0.39, 0.29) is 11.8 Å². The molecule has 0 spiro atoms. The van der Waals surface area contributed by atoms with E-state index in [0.717, 1.165) is 5.56 Å². The van der Waals surface area contributed by atoms with Crippen molar-refractivity contribution in [3.05, 3.63) is 65.7 Å². The van der Waals surface area contributed by atoms with Gasteiger partial charge in [-0.05, 0) is 37.6 Å². The Hall–Kier alpha value is -2.82. The average molecular weight is 366 g/mol. The van der Waals surface area contributed by atoms with E-state index >= 15 is 0 Å². The van der Waals surface area contributed by atoms with Gasteiger partial charge in [-0.1, -0.05) is 36.4 Å². The van der Waals surface area contributed by atoms with Gasteiger partial charge in [0.1, 0.15) is 5.75 Å². The third kappa shape index (κ3) is 3.97. The van der Waals surface area contributed by atoms with Crippen molar-refractivity contribution in [1.82, 2.24) is 9.80 Å². The number of hydrogen-bond acceptors (Lipinski definition) is 3. The third-order valence-corrected chi connectivity index (χ3v) is 5.20.